The van der Waals surface area contributed by atoms with Gasteiger partial charge < -0.3 is 26.4 Å². The van der Waals surface area contributed by atoms with Crippen LogP contribution in [0.3, 0.4) is 0 Å². The number of esters is 1. The number of rotatable bonds is 11. The molecule has 0 aliphatic carbocycles. The molecule has 0 radical (unpaired) electrons. The lowest BCUT2D eigenvalue weighted by Gasteiger charge is -2.34. The molecule has 1 aromatic carbocycles. The van der Waals surface area contributed by atoms with Gasteiger partial charge in [-0.05, 0) is 62.6 Å². The summed E-state index contributed by atoms with van der Waals surface area (Å²) in [6.07, 6.45) is 0.787. The summed E-state index contributed by atoms with van der Waals surface area (Å²) < 4.78 is 5.32. The number of nitrogens with two attached hydrogens (primary N) is 1. The highest BCUT2D eigenvalue weighted by Crippen LogP contribution is 2.32. The van der Waals surface area contributed by atoms with E-state index >= 15 is 0 Å². The molecule has 9 nitrogen and oxygen atoms in total. The number of primary amides is 1. The molecule has 1 rings (SSSR count). The van der Waals surface area contributed by atoms with Gasteiger partial charge in [-0.25, -0.2) is 4.79 Å². The number of ether oxygens (including phenoxy) is 1. The number of carbonyl (C=O) groups excluding carboxylic acids is 4. The standard InChI is InChI=1S/C27H44N4O5/c1-17(2)21(26(3,4)5)23(33)31-20(10-9-15-29-25(28)35)22(32)30-19-13-11-18(12-14-19)16-36-24(34)27(6,7)8/h11-14,17,20-21H,9-10,15-16H2,1-8H3,(H,30,32)(H,31,33)(H3,28,29,35)/t20-,21-/m0/s1. The second-order valence-corrected chi connectivity index (χ2v) is 11.6. The van der Waals surface area contributed by atoms with Gasteiger partial charge in [0.2, 0.25) is 11.8 Å². The van der Waals surface area contributed by atoms with E-state index in [-0.39, 0.29) is 41.6 Å². The Morgan fingerprint density at radius 1 is 0.944 bits per heavy atom. The van der Waals surface area contributed by atoms with Crippen molar-refractivity contribution in [3.8, 4) is 0 Å². The smallest absolute Gasteiger partial charge is 0.312 e. The predicted molar refractivity (Wildman–Crippen MR) is 141 cm³/mol. The quantitative estimate of drug-likeness (QED) is 0.267. The van der Waals surface area contributed by atoms with Crippen LogP contribution in [-0.4, -0.2) is 36.4 Å². The third-order valence-electron chi connectivity index (χ3n) is 5.69. The van der Waals surface area contributed by atoms with Gasteiger partial charge in [-0.15, -0.1) is 0 Å². The van der Waals surface area contributed by atoms with Crippen LogP contribution in [0.15, 0.2) is 24.3 Å². The molecule has 5 N–H and O–H groups in total. The molecule has 0 aliphatic rings. The van der Waals surface area contributed by atoms with Crippen molar-refractivity contribution in [2.24, 2.45) is 28.4 Å². The molecular formula is C27H44N4O5. The molecule has 0 spiro atoms. The molecule has 1 aromatic rings. The van der Waals surface area contributed by atoms with Crippen LogP contribution in [-0.2, 0) is 25.7 Å². The summed E-state index contributed by atoms with van der Waals surface area (Å²) in [6.45, 7) is 15.8. The first-order chi connectivity index (χ1) is 16.5. The molecular weight excluding hydrogens is 460 g/mol. The third kappa shape index (κ3) is 10.7. The van der Waals surface area contributed by atoms with Crippen LogP contribution in [0.25, 0.3) is 0 Å². The van der Waals surface area contributed by atoms with Crippen LogP contribution in [0.2, 0.25) is 0 Å². The molecule has 0 saturated heterocycles. The summed E-state index contributed by atoms with van der Waals surface area (Å²) in [5.41, 5.74) is 5.60. The lowest BCUT2D eigenvalue weighted by molar-refractivity contribution is -0.154. The largest absolute Gasteiger partial charge is 0.460 e. The molecule has 0 aliphatic heterocycles. The number of anilines is 1. The Kier molecular flexibility index (Phi) is 11.4. The Morgan fingerprint density at radius 3 is 2.00 bits per heavy atom. The van der Waals surface area contributed by atoms with Crippen LogP contribution in [0.4, 0.5) is 10.5 Å². The van der Waals surface area contributed by atoms with Crippen molar-refractivity contribution >= 4 is 29.5 Å². The van der Waals surface area contributed by atoms with Crippen molar-refractivity contribution in [2.45, 2.75) is 80.9 Å². The van der Waals surface area contributed by atoms with Crippen LogP contribution < -0.4 is 21.7 Å². The monoisotopic (exact) mass is 504 g/mol. The summed E-state index contributed by atoms with van der Waals surface area (Å²) in [4.78, 5) is 49.2. The van der Waals surface area contributed by atoms with Gasteiger partial charge in [-0.1, -0.05) is 46.8 Å². The van der Waals surface area contributed by atoms with Gasteiger partial charge in [0.15, 0.2) is 0 Å². The van der Waals surface area contributed by atoms with Gasteiger partial charge in [-0.2, -0.15) is 0 Å². The van der Waals surface area contributed by atoms with Crippen LogP contribution in [0.5, 0.6) is 0 Å². The molecule has 0 fully saturated rings. The Hall–Kier alpha value is -3.10. The third-order valence-corrected chi connectivity index (χ3v) is 5.69. The van der Waals surface area contributed by atoms with Crippen molar-refractivity contribution < 1.29 is 23.9 Å². The molecule has 9 heteroatoms. The Morgan fingerprint density at radius 2 is 1.53 bits per heavy atom. The fourth-order valence-corrected chi connectivity index (χ4v) is 4.02. The Labute approximate surface area is 215 Å². The maximum absolute atomic E-state index is 13.2. The highest BCUT2D eigenvalue weighted by molar-refractivity contribution is 5.97. The number of hydrogen-bond acceptors (Lipinski definition) is 5. The predicted octanol–water partition coefficient (Wildman–Crippen LogP) is 3.97. The van der Waals surface area contributed by atoms with E-state index in [0.29, 0.717) is 25.1 Å². The number of carbonyl (C=O) groups is 4. The van der Waals surface area contributed by atoms with E-state index in [1.54, 1.807) is 45.0 Å². The minimum Gasteiger partial charge on any atom is -0.460 e. The van der Waals surface area contributed by atoms with Crippen LogP contribution >= 0.6 is 0 Å². The Balaban J connectivity index is 2.90. The molecule has 0 heterocycles. The maximum Gasteiger partial charge on any atom is 0.312 e. The first-order valence-corrected chi connectivity index (χ1v) is 12.4. The number of urea groups is 1. The number of benzene rings is 1. The summed E-state index contributed by atoms with van der Waals surface area (Å²) in [6, 6.07) is 5.55. The summed E-state index contributed by atoms with van der Waals surface area (Å²) in [7, 11) is 0. The minimum absolute atomic E-state index is 0.0881. The highest BCUT2D eigenvalue weighted by Gasteiger charge is 2.35. The van der Waals surface area contributed by atoms with Crippen molar-refractivity contribution in [1.29, 1.82) is 0 Å². The zero-order chi connectivity index (χ0) is 27.7. The number of amides is 4. The fraction of sp³-hybridized carbons (Fsp3) is 0.630. The second-order valence-electron chi connectivity index (χ2n) is 11.6. The zero-order valence-electron chi connectivity index (χ0n) is 23.0. The summed E-state index contributed by atoms with van der Waals surface area (Å²) in [5.74, 6) is -1.03. The summed E-state index contributed by atoms with van der Waals surface area (Å²) >= 11 is 0. The lowest BCUT2D eigenvalue weighted by atomic mass is 9.73. The molecule has 202 valence electrons. The van der Waals surface area contributed by atoms with Gasteiger partial charge in [0.1, 0.15) is 12.6 Å². The minimum atomic E-state index is -0.789. The van der Waals surface area contributed by atoms with E-state index < -0.39 is 17.5 Å². The van der Waals surface area contributed by atoms with Crippen molar-refractivity contribution in [3.05, 3.63) is 29.8 Å². The van der Waals surface area contributed by atoms with E-state index in [1.165, 1.54) is 0 Å². The molecule has 36 heavy (non-hydrogen) atoms. The van der Waals surface area contributed by atoms with Gasteiger partial charge >= 0.3 is 12.0 Å². The number of nitrogens with one attached hydrogen (secondary N) is 3. The van der Waals surface area contributed by atoms with Crippen molar-refractivity contribution in [3.63, 3.8) is 0 Å². The van der Waals surface area contributed by atoms with Gasteiger partial charge in [0.25, 0.3) is 0 Å². The first-order valence-electron chi connectivity index (χ1n) is 12.4. The summed E-state index contributed by atoms with van der Waals surface area (Å²) in [5, 5.41) is 8.27. The number of hydrogen-bond donors (Lipinski definition) is 4. The second kappa shape index (κ2) is 13.3. The van der Waals surface area contributed by atoms with Crippen LogP contribution in [0, 0.1) is 22.7 Å². The average molecular weight is 505 g/mol. The molecule has 4 amide bonds. The van der Waals surface area contributed by atoms with E-state index in [2.05, 4.69) is 16.0 Å². The van der Waals surface area contributed by atoms with Gasteiger partial charge in [-0.3, -0.25) is 14.4 Å². The van der Waals surface area contributed by atoms with E-state index in [0.717, 1.165) is 5.56 Å². The topological polar surface area (TPSA) is 140 Å². The average Bonchev–Trinajstić information content (AvgIpc) is 2.72. The van der Waals surface area contributed by atoms with Crippen molar-refractivity contribution in [1.82, 2.24) is 10.6 Å². The van der Waals surface area contributed by atoms with E-state index in [1.807, 2.05) is 34.6 Å². The van der Waals surface area contributed by atoms with E-state index in [4.69, 9.17) is 10.5 Å². The lowest BCUT2D eigenvalue weighted by Crippen LogP contribution is -2.49. The first kappa shape index (κ1) is 30.9. The highest BCUT2D eigenvalue weighted by atomic mass is 16.5. The van der Waals surface area contributed by atoms with Crippen molar-refractivity contribution in [2.75, 3.05) is 11.9 Å². The molecule has 2 atom stereocenters. The fourth-order valence-electron chi connectivity index (χ4n) is 4.02. The van der Waals surface area contributed by atoms with Crippen LogP contribution in [0.1, 0.15) is 73.8 Å². The molecule has 0 aromatic heterocycles. The maximum atomic E-state index is 13.2. The molecule has 0 unspecified atom stereocenters. The molecule has 0 bridgehead atoms. The zero-order valence-corrected chi connectivity index (χ0v) is 23.0. The van der Waals surface area contributed by atoms with E-state index in [9.17, 15) is 19.2 Å². The Bertz CT molecular complexity index is 898. The molecule has 0 saturated carbocycles. The van der Waals surface area contributed by atoms with Gasteiger partial charge in [0, 0.05) is 18.2 Å². The van der Waals surface area contributed by atoms with Gasteiger partial charge in [0.05, 0.1) is 5.41 Å². The SMILES string of the molecule is CC(C)[C@@H](C(=O)N[C@@H](CCCNC(N)=O)C(=O)Nc1ccc(COC(=O)C(C)(C)C)cc1)C(C)(C)C. The normalized spacial score (nSPS) is 13.5.